The van der Waals surface area contributed by atoms with Gasteiger partial charge in [-0.05, 0) is 48.5 Å². The average molecular weight is 476 g/mol. The Bertz CT molecular complexity index is 1500. The Labute approximate surface area is 198 Å². The Hall–Kier alpha value is -4.60. The monoisotopic (exact) mass is 476 g/mol. The second-order valence-electron chi connectivity index (χ2n) is 7.60. The Morgan fingerprint density at radius 3 is 2.40 bits per heavy atom. The molecule has 5 aromatic rings. The second kappa shape index (κ2) is 9.34. The van der Waals surface area contributed by atoms with Gasteiger partial charge in [-0.25, -0.2) is 28.1 Å². The van der Waals surface area contributed by atoms with E-state index >= 15 is 0 Å². The first-order chi connectivity index (χ1) is 17.0. The Morgan fingerprint density at radius 1 is 0.857 bits per heavy atom. The summed E-state index contributed by atoms with van der Waals surface area (Å²) in [5.74, 6) is 0.0784. The molecule has 3 aromatic heterocycles. The highest BCUT2D eigenvalue weighted by Gasteiger charge is 2.15. The van der Waals surface area contributed by atoms with Crippen LogP contribution in [0.25, 0.3) is 16.9 Å². The van der Waals surface area contributed by atoms with Crippen LogP contribution in [0.15, 0.2) is 73.2 Å². The quantitative estimate of drug-likeness (QED) is 0.320. The molecule has 0 spiro atoms. The van der Waals surface area contributed by atoms with Gasteiger partial charge in [-0.1, -0.05) is 0 Å². The number of rotatable bonds is 7. The first kappa shape index (κ1) is 22.2. The number of nitrogens with one attached hydrogen (secondary N) is 2. The molecule has 0 bridgehead atoms. The van der Waals surface area contributed by atoms with Crippen LogP contribution in [0, 0.1) is 17.5 Å². The van der Waals surface area contributed by atoms with Crippen molar-refractivity contribution >= 4 is 23.0 Å². The summed E-state index contributed by atoms with van der Waals surface area (Å²) < 4.78 is 47.8. The Kier molecular flexibility index (Phi) is 5.92. The van der Waals surface area contributed by atoms with Crippen LogP contribution >= 0.6 is 0 Å². The SMILES string of the molecule is COc1cc(F)ccc1Nc1cc(NCc2c(-c3ccc(F)cc3)nc3ccc(F)cn23)ncn1. The highest BCUT2D eigenvalue weighted by Crippen LogP contribution is 2.29. The maximum Gasteiger partial charge on any atom is 0.145 e. The van der Waals surface area contributed by atoms with E-state index in [4.69, 9.17) is 4.74 Å². The number of aromatic nitrogens is 4. The number of nitrogens with zero attached hydrogens (tertiary/aromatic N) is 4. The minimum absolute atomic E-state index is 0.244. The number of benzene rings is 2. The molecule has 35 heavy (non-hydrogen) atoms. The van der Waals surface area contributed by atoms with Gasteiger partial charge in [0.25, 0.3) is 0 Å². The lowest BCUT2D eigenvalue weighted by Crippen LogP contribution is -2.07. The van der Waals surface area contributed by atoms with Crippen molar-refractivity contribution in [2.24, 2.45) is 0 Å². The fraction of sp³-hybridized carbons (Fsp3) is 0.0800. The molecule has 0 aliphatic heterocycles. The summed E-state index contributed by atoms with van der Waals surface area (Å²) >= 11 is 0. The van der Waals surface area contributed by atoms with Crippen molar-refractivity contribution in [3.63, 3.8) is 0 Å². The zero-order valence-corrected chi connectivity index (χ0v) is 18.5. The van der Waals surface area contributed by atoms with Crippen molar-refractivity contribution in [3.8, 4) is 17.0 Å². The number of hydrogen-bond acceptors (Lipinski definition) is 6. The predicted molar refractivity (Wildman–Crippen MR) is 126 cm³/mol. The van der Waals surface area contributed by atoms with Crippen molar-refractivity contribution < 1.29 is 17.9 Å². The molecule has 0 atom stereocenters. The molecule has 0 saturated heterocycles. The molecule has 3 heterocycles. The summed E-state index contributed by atoms with van der Waals surface area (Å²) in [6.07, 6.45) is 2.72. The molecule has 2 N–H and O–H groups in total. The van der Waals surface area contributed by atoms with E-state index in [9.17, 15) is 13.2 Å². The molecule has 0 aliphatic carbocycles. The van der Waals surface area contributed by atoms with Crippen LogP contribution in [0.4, 0.5) is 30.5 Å². The minimum Gasteiger partial charge on any atom is -0.494 e. The number of methoxy groups -OCH3 is 1. The third-order valence-electron chi connectivity index (χ3n) is 5.33. The topological polar surface area (TPSA) is 76.4 Å². The summed E-state index contributed by atoms with van der Waals surface area (Å²) in [6.45, 7) is 0.244. The number of imidazole rings is 1. The van der Waals surface area contributed by atoms with E-state index in [1.54, 1.807) is 34.7 Å². The number of fused-ring (bicyclic) bond motifs is 1. The van der Waals surface area contributed by atoms with Crippen molar-refractivity contribution in [2.75, 3.05) is 17.7 Å². The Morgan fingerprint density at radius 2 is 1.60 bits per heavy atom. The van der Waals surface area contributed by atoms with Gasteiger partial charge in [0.15, 0.2) is 0 Å². The molecule has 0 saturated carbocycles. The van der Waals surface area contributed by atoms with Gasteiger partial charge in [0.05, 0.1) is 30.7 Å². The van der Waals surface area contributed by atoms with Gasteiger partial charge in [0.2, 0.25) is 0 Å². The van der Waals surface area contributed by atoms with Crippen LogP contribution in [0.1, 0.15) is 5.69 Å². The summed E-state index contributed by atoms with van der Waals surface area (Å²) in [5.41, 5.74) is 3.04. The summed E-state index contributed by atoms with van der Waals surface area (Å²) in [5, 5.41) is 6.28. The summed E-state index contributed by atoms with van der Waals surface area (Å²) in [6, 6.07) is 14.7. The zero-order valence-electron chi connectivity index (χ0n) is 18.5. The standard InChI is InChI=1S/C25H19F3N6O/c1-35-21-10-17(27)6-8-19(21)32-23-11-22(30-14-31-23)29-12-20-25(15-2-4-16(26)5-3-15)33-24-9-7-18(28)13-34(20)24/h2-11,13-14H,12H2,1H3,(H2,29,30,31,32). The lowest BCUT2D eigenvalue weighted by atomic mass is 10.1. The normalized spacial score (nSPS) is 11.0. The molecule has 10 heteroatoms. The Balaban J connectivity index is 1.43. The number of pyridine rings is 1. The zero-order chi connectivity index (χ0) is 24.4. The van der Waals surface area contributed by atoms with Gasteiger partial charge in [-0.2, -0.15) is 0 Å². The van der Waals surface area contributed by atoms with Gasteiger partial charge >= 0.3 is 0 Å². The highest BCUT2D eigenvalue weighted by atomic mass is 19.1. The van der Waals surface area contributed by atoms with Crippen LogP contribution in [0.3, 0.4) is 0 Å². The molecule has 0 unspecified atom stereocenters. The first-order valence-electron chi connectivity index (χ1n) is 10.6. The van der Waals surface area contributed by atoms with Crippen LogP contribution in [-0.2, 0) is 6.54 Å². The van der Waals surface area contributed by atoms with E-state index in [1.807, 2.05) is 0 Å². The van der Waals surface area contributed by atoms with Crippen LogP contribution in [0.5, 0.6) is 5.75 Å². The minimum atomic E-state index is -0.418. The smallest absolute Gasteiger partial charge is 0.145 e. The molecule has 0 radical (unpaired) electrons. The molecule has 5 rings (SSSR count). The van der Waals surface area contributed by atoms with Gasteiger partial charge in [-0.15, -0.1) is 0 Å². The van der Waals surface area contributed by atoms with Gasteiger partial charge in [-0.3, -0.25) is 4.40 Å². The molecule has 0 amide bonds. The fourth-order valence-electron chi connectivity index (χ4n) is 3.68. The molecule has 0 aliphatic rings. The summed E-state index contributed by atoms with van der Waals surface area (Å²) in [4.78, 5) is 13.1. The molecular weight excluding hydrogens is 457 g/mol. The molecule has 2 aromatic carbocycles. The lowest BCUT2D eigenvalue weighted by molar-refractivity contribution is 0.413. The van der Waals surface area contributed by atoms with Crippen molar-refractivity contribution in [2.45, 2.75) is 6.54 Å². The summed E-state index contributed by atoms with van der Waals surface area (Å²) in [7, 11) is 1.45. The third-order valence-corrected chi connectivity index (χ3v) is 5.33. The molecule has 176 valence electrons. The third kappa shape index (κ3) is 4.72. The van der Waals surface area contributed by atoms with Crippen molar-refractivity contribution in [1.82, 2.24) is 19.4 Å². The average Bonchev–Trinajstić information content (AvgIpc) is 3.22. The van der Waals surface area contributed by atoms with E-state index in [2.05, 4.69) is 25.6 Å². The first-order valence-corrected chi connectivity index (χ1v) is 10.6. The van der Waals surface area contributed by atoms with Crippen LogP contribution in [-0.4, -0.2) is 26.5 Å². The number of ether oxygens (including phenoxy) is 1. The van der Waals surface area contributed by atoms with Crippen LogP contribution in [0.2, 0.25) is 0 Å². The van der Waals surface area contributed by atoms with E-state index in [0.717, 1.165) is 0 Å². The molecule has 7 nitrogen and oxygen atoms in total. The lowest BCUT2D eigenvalue weighted by Gasteiger charge is -2.12. The largest absolute Gasteiger partial charge is 0.494 e. The van der Waals surface area contributed by atoms with Crippen molar-refractivity contribution in [3.05, 3.63) is 96.3 Å². The van der Waals surface area contributed by atoms with E-state index in [1.165, 1.54) is 50.0 Å². The van der Waals surface area contributed by atoms with E-state index in [0.29, 0.717) is 45.7 Å². The molecule has 0 fully saturated rings. The molecular formula is C25H19F3N6O. The number of anilines is 3. The van der Waals surface area contributed by atoms with Gasteiger partial charge in [0, 0.05) is 23.9 Å². The van der Waals surface area contributed by atoms with E-state index in [-0.39, 0.29) is 12.4 Å². The number of hydrogen-bond donors (Lipinski definition) is 2. The van der Waals surface area contributed by atoms with Crippen LogP contribution < -0.4 is 15.4 Å². The predicted octanol–water partition coefficient (Wildman–Crippen LogP) is 5.57. The van der Waals surface area contributed by atoms with Gasteiger partial charge < -0.3 is 15.4 Å². The maximum absolute atomic E-state index is 14.0. The van der Waals surface area contributed by atoms with Gasteiger partial charge in [0.1, 0.15) is 46.8 Å². The fourth-order valence-corrected chi connectivity index (χ4v) is 3.68. The second-order valence-corrected chi connectivity index (χ2v) is 7.60. The van der Waals surface area contributed by atoms with E-state index < -0.39 is 11.6 Å². The number of halogens is 3. The van der Waals surface area contributed by atoms with Crippen molar-refractivity contribution in [1.29, 1.82) is 0 Å². The highest BCUT2D eigenvalue weighted by molar-refractivity contribution is 5.68. The maximum atomic E-state index is 14.0.